The van der Waals surface area contributed by atoms with Crippen LogP contribution in [0.3, 0.4) is 0 Å². The molecular formula is C26H22Br2N2O2. The molecule has 0 bridgehead atoms. The van der Waals surface area contributed by atoms with E-state index in [0.29, 0.717) is 0 Å². The van der Waals surface area contributed by atoms with Crippen LogP contribution in [0.4, 0.5) is 5.69 Å². The Kier molecular flexibility index (Phi) is 6.82. The van der Waals surface area contributed by atoms with Crippen LogP contribution in [0.15, 0.2) is 86.7 Å². The highest BCUT2D eigenvalue weighted by atomic mass is 79.9. The van der Waals surface area contributed by atoms with E-state index in [4.69, 9.17) is 9.47 Å². The Labute approximate surface area is 204 Å². The third kappa shape index (κ3) is 4.81. The quantitative estimate of drug-likeness (QED) is 0.226. The number of aromatic nitrogens is 1. The molecule has 0 N–H and O–H groups in total. The zero-order chi connectivity index (χ0) is 22.7. The van der Waals surface area contributed by atoms with Gasteiger partial charge in [0.25, 0.3) is 0 Å². The van der Waals surface area contributed by atoms with Crippen LogP contribution < -0.4 is 9.47 Å². The SMILES string of the molecule is COc1ccc(Oc2ccc(N=Cc3c(Br)c(C)n(-c4ccc(Br)cc4)c3C)cc2)cc1. The number of rotatable bonds is 6. The molecule has 4 aromatic rings. The van der Waals surface area contributed by atoms with Crippen molar-refractivity contribution in [3.63, 3.8) is 0 Å². The number of nitrogens with zero attached hydrogens (tertiary/aromatic N) is 2. The summed E-state index contributed by atoms with van der Waals surface area (Å²) in [6, 6.07) is 23.5. The third-order valence-corrected chi connectivity index (χ3v) is 6.70. The van der Waals surface area contributed by atoms with Gasteiger partial charge in [0.2, 0.25) is 0 Å². The van der Waals surface area contributed by atoms with Gasteiger partial charge in [-0.2, -0.15) is 0 Å². The van der Waals surface area contributed by atoms with Crippen molar-refractivity contribution in [2.24, 2.45) is 4.99 Å². The van der Waals surface area contributed by atoms with Crippen LogP contribution in [0.1, 0.15) is 17.0 Å². The first-order valence-electron chi connectivity index (χ1n) is 10.1. The number of benzene rings is 3. The predicted octanol–water partition coefficient (Wildman–Crippen LogP) is 8.17. The second kappa shape index (κ2) is 9.76. The number of hydrogen-bond acceptors (Lipinski definition) is 3. The molecule has 6 heteroatoms. The molecule has 3 aromatic carbocycles. The summed E-state index contributed by atoms with van der Waals surface area (Å²) in [5, 5.41) is 0. The molecule has 0 fully saturated rings. The Morgan fingerprint density at radius 2 is 1.31 bits per heavy atom. The molecule has 162 valence electrons. The van der Waals surface area contributed by atoms with Crippen molar-refractivity contribution in [3.8, 4) is 22.9 Å². The molecule has 0 aliphatic rings. The van der Waals surface area contributed by atoms with Gasteiger partial charge in [0.1, 0.15) is 17.2 Å². The molecule has 0 radical (unpaired) electrons. The molecular weight excluding hydrogens is 532 g/mol. The molecule has 1 aromatic heterocycles. The van der Waals surface area contributed by atoms with Gasteiger partial charge in [0.05, 0.1) is 12.8 Å². The maximum absolute atomic E-state index is 5.89. The maximum atomic E-state index is 5.89. The predicted molar refractivity (Wildman–Crippen MR) is 137 cm³/mol. The summed E-state index contributed by atoms with van der Waals surface area (Å²) in [6.07, 6.45) is 1.90. The van der Waals surface area contributed by atoms with E-state index >= 15 is 0 Å². The van der Waals surface area contributed by atoms with E-state index in [-0.39, 0.29) is 0 Å². The average molecular weight is 554 g/mol. The highest BCUT2D eigenvalue weighted by Gasteiger charge is 2.15. The smallest absolute Gasteiger partial charge is 0.127 e. The van der Waals surface area contributed by atoms with Gasteiger partial charge >= 0.3 is 0 Å². The van der Waals surface area contributed by atoms with Crippen molar-refractivity contribution in [1.82, 2.24) is 4.57 Å². The highest BCUT2D eigenvalue weighted by molar-refractivity contribution is 9.10. The lowest BCUT2D eigenvalue weighted by Crippen LogP contribution is -1.99. The van der Waals surface area contributed by atoms with Crippen molar-refractivity contribution in [1.29, 1.82) is 0 Å². The molecule has 0 saturated carbocycles. The van der Waals surface area contributed by atoms with E-state index in [9.17, 15) is 0 Å². The van der Waals surface area contributed by atoms with Gasteiger partial charge in [-0.3, -0.25) is 4.99 Å². The lowest BCUT2D eigenvalue weighted by atomic mass is 10.2. The van der Waals surface area contributed by atoms with Crippen LogP contribution in [-0.2, 0) is 0 Å². The van der Waals surface area contributed by atoms with Crippen LogP contribution >= 0.6 is 31.9 Å². The Morgan fingerprint density at radius 1 is 0.750 bits per heavy atom. The molecule has 0 aliphatic heterocycles. The van der Waals surface area contributed by atoms with Crippen molar-refractivity contribution in [3.05, 3.63) is 98.7 Å². The van der Waals surface area contributed by atoms with Crippen molar-refractivity contribution in [2.75, 3.05) is 7.11 Å². The molecule has 4 rings (SSSR count). The molecule has 0 aliphatic carbocycles. The van der Waals surface area contributed by atoms with Crippen LogP contribution in [0.2, 0.25) is 0 Å². The first-order chi connectivity index (χ1) is 15.5. The fraction of sp³-hybridized carbons (Fsp3) is 0.115. The molecule has 0 atom stereocenters. The number of halogens is 2. The minimum Gasteiger partial charge on any atom is -0.497 e. The summed E-state index contributed by atoms with van der Waals surface area (Å²) < 4.78 is 15.4. The fourth-order valence-electron chi connectivity index (χ4n) is 3.47. The van der Waals surface area contributed by atoms with Crippen LogP contribution in [0, 0.1) is 13.8 Å². The standard InChI is InChI=1S/C26H22Br2N2O2/c1-17-25(26(28)18(2)30(17)21-8-4-19(27)5-9-21)16-29-20-6-10-23(11-7-20)32-24-14-12-22(31-3)13-15-24/h4-16H,1-3H3. The Hall–Kier alpha value is -2.83. The van der Waals surface area contributed by atoms with Gasteiger partial charge in [-0.05, 0) is 103 Å². The van der Waals surface area contributed by atoms with E-state index in [0.717, 1.165) is 54.5 Å². The minimum atomic E-state index is 0.753. The molecule has 32 heavy (non-hydrogen) atoms. The molecule has 0 unspecified atom stereocenters. The van der Waals surface area contributed by atoms with Crippen LogP contribution in [0.5, 0.6) is 17.2 Å². The largest absolute Gasteiger partial charge is 0.497 e. The van der Waals surface area contributed by atoms with E-state index in [2.05, 4.69) is 67.4 Å². The van der Waals surface area contributed by atoms with Gasteiger partial charge in [-0.25, -0.2) is 0 Å². The van der Waals surface area contributed by atoms with E-state index in [1.807, 2.05) is 66.9 Å². The monoisotopic (exact) mass is 552 g/mol. The first kappa shape index (κ1) is 22.4. The molecule has 1 heterocycles. The fourth-order valence-corrected chi connectivity index (χ4v) is 4.30. The summed E-state index contributed by atoms with van der Waals surface area (Å²) in [4.78, 5) is 4.68. The number of aliphatic imine (C=N–C) groups is 1. The van der Waals surface area contributed by atoms with Gasteiger partial charge in [0.15, 0.2) is 0 Å². The zero-order valence-electron chi connectivity index (χ0n) is 18.0. The lowest BCUT2D eigenvalue weighted by molar-refractivity contribution is 0.413. The topological polar surface area (TPSA) is 35.8 Å². The van der Waals surface area contributed by atoms with Gasteiger partial charge in [0, 0.05) is 37.8 Å². The first-order valence-corrected chi connectivity index (χ1v) is 11.6. The van der Waals surface area contributed by atoms with E-state index in [1.165, 1.54) is 0 Å². The average Bonchev–Trinajstić information content (AvgIpc) is 3.02. The van der Waals surface area contributed by atoms with Gasteiger partial charge in [-0.1, -0.05) is 15.9 Å². The van der Waals surface area contributed by atoms with E-state index < -0.39 is 0 Å². The molecule has 0 saturated heterocycles. The summed E-state index contributed by atoms with van der Waals surface area (Å²) in [5.41, 5.74) is 5.29. The second-order valence-electron chi connectivity index (χ2n) is 7.24. The zero-order valence-corrected chi connectivity index (χ0v) is 21.1. The summed E-state index contributed by atoms with van der Waals surface area (Å²) in [5.74, 6) is 2.31. The lowest BCUT2D eigenvalue weighted by Gasteiger charge is -2.09. The maximum Gasteiger partial charge on any atom is 0.127 e. The molecule has 0 amide bonds. The van der Waals surface area contributed by atoms with Crippen LogP contribution in [0.25, 0.3) is 5.69 Å². The second-order valence-corrected chi connectivity index (χ2v) is 8.95. The van der Waals surface area contributed by atoms with Gasteiger partial charge < -0.3 is 14.0 Å². The van der Waals surface area contributed by atoms with Crippen LogP contribution in [-0.4, -0.2) is 17.9 Å². The van der Waals surface area contributed by atoms with Crippen molar-refractivity contribution >= 4 is 43.8 Å². The highest BCUT2D eigenvalue weighted by Crippen LogP contribution is 2.31. The normalized spacial score (nSPS) is 11.2. The Morgan fingerprint density at radius 3 is 1.91 bits per heavy atom. The number of hydrogen-bond donors (Lipinski definition) is 0. The summed E-state index contributed by atoms with van der Waals surface area (Å²) >= 11 is 7.25. The minimum absolute atomic E-state index is 0.753. The summed E-state index contributed by atoms with van der Waals surface area (Å²) in [6.45, 7) is 4.20. The molecule has 4 nitrogen and oxygen atoms in total. The van der Waals surface area contributed by atoms with Crippen molar-refractivity contribution in [2.45, 2.75) is 13.8 Å². The number of methoxy groups -OCH3 is 1. The Balaban J connectivity index is 1.53. The number of ether oxygens (including phenoxy) is 2. The van der Waals surface area contributed by atoms with E-state index in [1.54, 1.807) is 7.11 Å². The van der Waals surface area contributed by atoms with Crippen molar-refractivity contribution < 1.29 is 9.47 Å². The van der Waals surface area contributed by atoms with Gasteiger partial charge in [-0.15, -0.1) is 0 Å². The summed E-state index contributed by atoms with van der Waals surface area (Å²) in [7, 11) is 1.65. The molecule has 0 spiro atoms. The third-order valence-electron chi connectivity index (χ3n) is 5.17. The Bertz CT molecular complexity index is 1240.